The molecule has 0 radical (unpaired) electrons. The molecule has 0 atom stereocenters. The lowest BCUT2D eigenvalue weighted by Crippen LogP contribution is -2.35. The van der Waals surface area contributed by atoms with Crippen molar-refractivity contribution in [3.05, 3.63) is 0 Å². The van der Waals surface area contributed by atoms with Gasteiger partial charge in [0.1, 0.15) is 0 Å². The summed E-state index contributed by atoms with van der Waals surface area (Å²) in [7, 11) is 1.50. The first-order valence-corrected chi connectivity index (χ1v) is 3.39. The van der Waals surface area contributed by atoms with Crippen LogP contribution in [0, 0.1) is 0 Å². The Balaban J connectivity index is 0. The van der Waals surface area contributed by atoms with Crippen LogP contribution >= 0.6 is 0 Å². The molecule has 0 unspecified atom stereocenters. The van der Waals surface area contributed by atoms with Gasteiger partial charge in [-0.05, 0) is 34.4 Å². The minimum atomic E-state index is 0.300. The Hall–Kier alpha value is -0.0800. The van der Waals surface area contributed by atoms with E-state index in [0.29, 0.717) is 5.54 Å². The van der Waals surface area contributed by atoms with Gasteiger partial charge in [-0.15, -0.1) is 0 Å². The van der Waals surface area contributed by atoms with Gasteiger partial charge in [0.05, 0.1) is 0 Å². The summed E-state index contributed by atoms with van der Waals surface area (Å²) in [6.45, 7) is 9.66. The normalized spacial score (nSPS) is 10.0. The molecule has 0 saturated carbocycles. The van der Waals surface area contributed by atoms with E-state index in [0.717, 1.165) is 6.54 Å². The predicted octanol–water partition coefficient (Wildman–Crippen LogP) is 0.969. The summed E-state index contributed by atoms with van der Waals surface area (Å²) in [6, 6.07) is 0. The first kappa shape index (κ1) is 11.7. The molecule has 0 bridgehead atoms. The van der Waals surface area contributed by atoms with Crippen LogP contribution < -0.4 is 11.1 Å². The van der Waals surface area contributed by atoms with Gasteiger partial charge in [0.2, 0.25) is 0 Å². The van der Waals surface area contributed by atoms with Crippen molar-refractivity contribution in [2.45, 2.75) is 33.2 Å². The van der Waals surface area contributed by atoms with Crippen LogP contribution in [0.15, 0.2) is 0 Å². The first-order valence-electron chi connectivity index (χ1n) is 3.39. The Morgan fingerprint density at radius 1 is 1.22 bits per heavy atom. The summed E-state index contributed by atoms with van der Waals surface area (Å²) in [5.41, 5.74) is 4.80. The van der Waals surface area contributed by atoms with Gasteiger partial charge < -0.3 is 11.1 Å². The Bertz CT molecular complexity index is 45.4. The maximum Gasteiger partial charge on any atom is 0.00963 e. The molecule has 0 aromatic carbocycles. The SMILES string of the molecule is CCNC(C)(C)C.CN. The van der Waals surface area contributed by atoms with Gasteiger partial charge in [0.15, 0.2) is 0 Å². The highest BCUT2D eigenvalue weighted by molar-refractivity contribution is 4.67. The van der Waals surface area contributed by atoms with Crippen molar-refractivity contribution in [2.75, 3.05) is 13.6 Å². The van der Waals surface area contributed by atoms with E-state index in [1.165, 1.54) is 7.05 Å². The van der Waals surface area contributed by atoms with Crippen LogP contribution in [-0.4, -0.2) is 19.1 Å². The van der Waals surface area contributed by atoms with E-state index in [-0.39, 0.29) is 0 Å². The number of hydrogen-bond donors (Lipinski definition) is 2. The van der Waals surface area contributed by atoms with Gasteiger partial charge in [0, 0.05) is 5.54 Å². The van der Waals surface area contributed by atoms with Crippen molar-refractivity contribution in [1.82, 2.24) is 5.32 Å². The maximum absolute atomic E-state index is 4.50. The molecule has 2 nitrogen and oxygen atoms in total. The number of nitrogens with one attached hydrogen (secondary N) is 1. The van der Waals surface area contributed by atoms with E-state index in [4.69, 9.17) is 0 Å². The summed E-state index contributed by atoms with van der Waals surface area (Å²) < 4.78 is 0. The van der Waals surface area contributed by atoms with Crippen molar-refractivity contribution < 1.29 is 0 Å². The quantitative estimate of drug-likeness (QED) is 0.558. The molecule has 0 heterocycles. The maximum atomic E-state index is 4.50. The van der Waals surface area contributed by atoms with E-state index in [2.05, 4.69) is 38.7 Å². The van der Waals surface area contributed by atoms with Crippen LogP contribution in [0.3, 0.4) is 0 Å². The van der Waals surface area contributed by atoms with Crippen LogP contribution in [0.2, 0.25) is 0 Å². The molecule has 0 spiro atoms. The Morgan fingerprint density at radius 3 is 1.56 bits per heavy atom. The van der Waals surface area contributed by atoms with Gasteiger partial charge in [-0.25, -0.2) is 0 Å². The molecular formula is C7H20N2. The zero-order valence-corrected chi connectivity index (χ0v) is 7.28. The number of rotatable bonds is 1. The fourth-order valence-corrected chi connectivity index (χ4v) is 0.530. The van der Waals surface area contributed by atoms with Crippen molar-refractivity contribution in [1.29, 1.82) is 0 Å². The molecule has 3 N–H and O–H groups in total. The third kappa shape index (κ3) is 18.1. The van der Waals surface area contributed by atoms with Crippen LogP contribution in [0.25, 0.3) is 0 Å². The highest BCUT2D eigenvalue weighted by atomic mass is 14.9. The number of nitrogens with two attached hydrogens (primary N) is 1. The third-order valence-electron chi connectivity index (χ3n) is 0.707. The molecule has 0 aliphatic rings. The second-order valence-electron chi connectivity index (χ2n) is 2.78. The first-order chi connectivity index (χ1) is 4.06. The van der Waals surface area contributed by atoms with Crippen molar-refractivity contribution in [3.8, 4) is 0 Å². The average molecular weight is 132 g/mol. The molecule has 0 aromatic rings. The van der Waals surface area contributed by atoms with Gasteiger partial charge in [-0.1, -0.05) is 6.92 Å². The van der Waals surface area contributed by atoms with Gasteiger partial charge in [-0.2, -0.15) is 0 Å². The zero-order chi connectivity index (χ0) is 7.91. The molecule has 0 amide bonds. The topological polar surface area (TPSA) is 38.0 Å². The minimum absolute atomic E-state index is 0.300. The standard InChI is InChI=1S/C6H15N.CH5N/c1-5-7-6(2,3)4;1-2/h7H,5H2,1-4H3;2H2,1H3. The van der Waals surface area contributed by atoms with Crippen LogP contribution in [0.1, 0.15) is 27.7 Å². The lowest BCUT2D eigenvalue weighted by atomic mass is 10.1. The fraction of sp³-hybridized carbons (Fsp3) is 1.00. The molecule has 0 aromatic heterocycles. The second kappa shape index (κ2) is 6.05. The second-order valence-corrected chi connectivity index (χ2v) is 2.78. The zero-order valence-electron chi connectivity index (χ0n) is 7.28. The lowest BCUT2D eigenvalue weighted by Gasteiger charge is -2.18. The Morgan fingerprint density at radius 2 is 1.56 bits per heavy atom. The fourth-order valence-electron chi connectivity index (χ4n) is 0.530. The summed E-state index contributed by atoms with van der Waals surface area (Å²) in [6.07, 6.45) is 0. The third-order valence-corrected chi connectivity index (χ3v) is 0.707. The van der Waals surface area contributed by atoms with Crippen LogP contribution in [-0.2, 0) is 0 Å². The molecular weight excluding hydrogens is 112 g/mol. The lowest BCUT2D eigenvalue weighted by molar-refractivity contribution is 0.439. The van der Waals surface area contributed by atoms with Gasteiger partial charge in [-0.3, -0.25) is 0 Å². The molecule has 0 aliphatic heterocycles. The Labute approximate surface area is 58.8 Å². The van der Waals surface area contributed by atoms with Crippen molar-refractivity contribution >= 4 is 0 Å². The van der Waals surface area contributed by atoms with Crippen molar-refractivity contribution in [2.24, 2.45) is 5.73 Å². The van der Waals surface area contributed by atoms with E-state index in [1.54, 1.807) is 0 Å². The van der Waals surface area contributed by atoms with Gasteiger partial charge in [0.25, 0.3) is 0 Å². The highest BCUT2D eigenvalue weighted by Gasteiger charge is 2.04. The largest absolute Gasteiger partial charge is 0.333 e. The van der Waals surface area contributed by atoms with E-state index in [9.17, 15) is 0 Å². The summed E-state index contributed by atoms with van der Waals surface area (Å²) in [5.74, 6) is 0. The minimum Gasteiger partial charge on any atom is -0.333 e. The van der Waals surface area contributed by atoms with Crippen molar-refractivity contribution in [3.63, 3.8) is 0 Å². The molecule has 9 heavy (non-hydrogen) atoms. The smallest absolute Gasteiger partial charge is 0.00963 e. The van der Waals surface area contributed by atoms with E-state index >= 15 is 0 Å². The summed E-state index contributed by atoms with van der Waals surface area (Å²) >= 11 is 0. The molecule has 0 aliphatic carbocycles. The summed E-state index contributed by atoms with van der Waals surface area (Å²) in [5, 5.41) is 3.28. The number of hydrogen-bond acceptors (Lipinski definition) is 2. The highest BCUT2D eigenvalue weighted by Crippen LogP contribution is 1.95. The van der Waals surface area contributed by atoms with E-state index in [1.807, 2.05) is 0 Å². The van der Waals surface area contributed by atoms with E-state index < -0.39 is 0 Å². The average Bonchev–Trinajstić information content (AvgIpc) is 1.69. The van der Waals surface area contributed by atoms with Gasteiger partial charge >= 0.3 is 0 Å². The Kier molecular flexibility index (Phi) is 7.85. The molecule has 0 fully saturated rings. The van der Waals surface area contributed by atoms with Crippen LogP contribution in [0.5, 0.6) is 0 Å². The van der Waals surface area contributed by atoms with Crippen LogP contribution in [0.4, 0.5) is 0 Å². The summed E-state index contributed by atoms with van der Waals surface area (Å²) in [4.78, 5) is 0. The molecule has 0 saturated heterocycles. The molecule has 58 valence electrons. The molecule has 0 rings (SSSR count). The molecule has 2 heteroatoms. The monoisotopic (exact) mass is 132 g/mol. The predicted molar refractivity (Wildman–Crippen MR) is 43.5 cm³/mol.